The number of carbonyl (C=O) groups is 3. The van der Waals surface area contributed by atoms with Gasteiger partial charge in [-0.05, 0) is 32.4 Å². The van der Waals surface area contributed by atoms with Gasteiger partial charge in [0, 0.05) is 36.1 Å². The van der Waals surface area contributed by atoms with E-state index in [4.69, 9.17) is 5.73 Å². The zero-order chi connectivity index (χ0) is 20.1. The van der Waals surface area contributed by atoms with Crippen LogP contribution in [0.2, 0.25) is 0 Å². The van der Waals surface area contributed by atoms with Gasteiger partial charge >= 0.3 is 0 Å². The molecule has 2 aromatic rings. The van der Waals surface area contributed by atoms with Crippen LogP contribution in [0.4, 0.5) is 0 Å². The number of piperidine rings is 1. The molecule has 1 saturated heterocycles. The van der Waals surface area contributed by atoms with E-state index in [0.29, 0.717) is 18.4 Å². The molecule has 0 radical (unpaired) electrons. The third-order valence-corrected chi connectivity index (χ3v) is 4.98. The number of benzene rings is 1. The summed E-state index contributed by atoms with van der Waals surface area (Å²) in [6.07, 6.45) is 2.94. The largest absolute Gasteiger partial charge is 0.325 e. The van der Waals surface area contributed by atoms with Gasteiger partial charge in [-0.1, -0.05) is 11.3 Å². The molecule has 3 heterocycles. The van der Waals surface area contributed by atoms with Crippen molar-refractivity contribution >= 4 is 17.7 Å². The standard InChI is InChI=1S/C19H22N6O3/c1-19(2,20)8-11-9-25(23-22-11)14-5-3-4-12-13(14)10-24(18(12)28)15-6-7-16(26)21-17(15)27/h3-5,9,15H,6-8,10,20H2,1-2H3,(H,21,26,27). The zero-order valence-corrected chi connectivity index (χ0v) is 15.8. The van der Waals surface area contributed by atoms with Crippen LogP contribution in [0.5, 0.6) is 0 Å². The Bertz CT molecular complexity index is 974. The van der Waals surface area contributed by atoms with E-state index in [9.17, 15) is 14.4 Å². The highest BCUT2D eigenvalue weighted by molar-refractivity contribution is 6.05. The molecule has 1 aromatic carbocycles. The number of aromatic nitrogens is 3. The summed E-state index contributed by atoms with van der Waals surface area (Å²) in [6, 6.07) is 4.75. The number of nitrogens with zero attached hydrogens (tertiary/aromatic N) is 4. The lowest BCUT2D eigenvalue weighted by Gasteiger charge is -2.29. The molecule has 1 atom stereocenters. The second-order valence-corrected chi connectivity index (χ2v) is 8.02. The molecule has 3 N–H and O–H groups in total. The minimum Gasteiger partial charge on any atom is -0.325 e. The maximum Gasteiger partial charge on any atom is 0.255 e. The Labute approximate surface area is 161 Å². The predicted molar refractivity (Wildman–Crippen MR) is 99.4 cm³/mol. The highest BCUT2D eigenvalue weighted by atomic mass is 16.2. The van der Waals surface area contributed by atoms with E-state index in [0.717, 1.165) is 16.9 Å². The number of carbonyl (C=O) groups excluding carboxylic acids is 3. The lowest BCUT2D eigenvalue weighted by molar-refractivity contribution is -0.136. The minimum atomic E-state index is -0.644. The minimum absolute atomic E-state index is 0.213. The summed E-state index contributed by atoms with van der Waals surface area (Å²) in [6.45, 7) is 4.12. The molecule has 2 aliphatic rings. The van der Waals surface area contributed by atoms with Crippen molar-refractivity contribution in [2.75, 3.05) is 0 Å². The van der Waals surface area contributed by atoms with Crippen LogP contribution in [0, 0.1) is 0 Å². The zero-order valence-electron chi connectivity index (χ0n) is 15.8. The number of nitrogens with two attached hydrogens (primary N) is 1. The Hall–Kier alpha value is -3.07. The van der Waals surface area contributed by atoms with E-state index in [1.54, 1.807) is 16.8 Å². The number of rotatable bonds is 4. The third kappa shape index (κ3) is 3.29. The molecular weight excluding hydrogens is 360 g/mol. The van der Waals surface area contributed by atoms with Crippen LogP contribution in [0.3, 0.4) is 0 Å². The molecule has 0 saturated carbocycles. The monoisotopic (exact) mass is 382 g/mol. The number of hydrogen-bond acceptors (Lipinski definition) is 6. The summed E-state index contributed by atoms with van der Waals surface area (Å²) in [5, 5.41) is 10.7. The van der Waals surface area contributed by atoms with Crippen LogP contribution >= 0.6 is 0 Å². The smallest absolute Gasteiger partial charge is 0.255 e. The maximum atomic E-state index is 12.9. The molecule has 1 unspecified atom stereocenters. The molecule has 28 heavy (non-hydrogen) atoms. The molecule has 146 valence electrons. The lowest BCUT2D eigenvalue weighted by atomic mass is 10.0. The number of amides is 3. The molecule has 1 aromatic heterocycles. The van der Waals surface area contributed by atoms with E-state index in [-0.39, 0.29) is 24.8 Å². The maximum absolute atomic E-state index is 12.9. The first-order chi connectivity index (χ1) is 13.2. The molecule has 9 nitrogen and oxygen atoms in total. The number of fused-ring (bicyclic) bond motifs is 1. The van der Waals surface area contributed by atoms with Gasteiger partial charge in [-0.3, -0.25) is 19.7 Å². The first-order valence-electron chi connectivity index (χ1n) is 9.20. The van der Waals surface area contributed by atoms with E-state index < -0.39 is 17.5 Å². The van der Waals surface area contributed by atoms with Crippen LogP contribution in [-0.2, 0) is 22.6 Å². The molecule has 0 aliphatic carbocycles. The average molecular weight is 382 g/mol. The highest BCUT2D eigenvalue weighted by Gasteiger charge is 2.40. The highest BCUT2D eigenvalue weighted by Crippen LogP contribution is 2.31. The summed E-state index contributed by atoms with van der Waals surface area (Å²) >= 11 is 0. The Kier molecular flexibility index (Phi) is 4.26. The normalized spacial score (nSPS) is 19.8. The van der Waals surface area contributed by atoms with Gasteiger partial charge in [0.15, 0.2) is 0 Å². The molecule has 3 amide bonds. The summed E-state index contributed by atoms with van der Waals surface area (Å²) in [5.41, 5.74) is 8.49. The van der Waals surface area contributed by atoms with Gasteiger partial charge in [0.1, 0.15) is 6.04 Å². The second kappa shape index (κ2) is 6.52. The third-order valence-electron chi connectivity index (χ3n) is 4.98. The molecule has 2 aliphatic heterocycles. The van der Waals surface area contributed by atoms with Crippen molar-refractivity contribution in [1.82, 2.24) is 25.2 Å². The molecule has 1 fully saturated rings. The Balaban J connectivity index is 1.63. The quantitative estimate of drug-likeness (QED) is 0.734. The van der Waals surface area contributed by atoms with Gasteiger partial charge in [-0.25, -0.2) is 4.68 Å². The van der Waals surface area contributed by atoms with Crippen LogP contribution < -0.4 is 11.1 Å². The van der Waals surface area contributed by atoms with Crippen molar-refractivity contribution in [3.8, 4) is 5.69 Å². The molecule has 9 heteroatoms. The van der Waals surface area contributed by atoms with Crippen LogP contribution in [0.25, 0.3) is 5.69 Å². The fourth-order valence-corrected chi connectivity index (χ4v) is 3.75. The fraction of sp³-hybridized carbons (Fsp3) is 0.421. The molecule has 0 spiro atoms. The number of hydrogen-bond donors (Lipinski definition) is 2. The summed E-state index contributed by atoms with van der Waals surface area (Å²) < 4.78 is 1.64. The predicted octanol–water partition coefficient (Wildman–Crippen LogP) is 0.308. The first-order valence-corrected chi connectivity index (χ1v) is 9.20. The topological polar surface area (TPSA) is 123 Å². The fourth-order valence-electron chi connectivity index (χ4n) is 3.75. The average Bonchev–Trinajstić information content (AvgIpc) is 3.18. The summed E-state index contributed by atoms with van der Waals surface area (Å²) in [4.78, 5) is 38.0. The van der Waals surface area contributed by atoms with Gasteiger partial charge < -0.3 is 10.6 Å². The van der Waals surface area contributed by atoms with Gasteiger partial charge in [-0.15, -0.1) is 5.10 Å². The van der Waals surface area contributed by atoms with Crippen LogP contribution in [-0.4, -0.2) is 49.2 Å². The lowest BCUT2D eigenvalue weighted by Crippen LogP contribution is -2.52. The Morgan fingerprint density at radius 3 is 2.79 bits per heavy atom. The molecule has 0 bridgehead atoms. The summed E-state index contributed by atoms with van der Waals surface area (Å²) in [7, 11) is 0. The van der Waals surface area contributed by atoms with E-state index in [2.05, 4.69) is 15.6 Å². The second-order valence-electron chi connectivity index (χ2n) is 8.02. The molecule has 4 rings (SSSR count). The van der Waals surface area contributed by atoms with Crippen molar-refractivity contribution in [2.45, 2.75) is 51.2 Å². The van der Waals surface area contributed by atoms with E-state index >= 15 is 0 Å². The van der Waals surface area contributed by atoms with Crippen molar-refractivity contribution in [3.63, 3.8) is 0 Å². The van der Waals surface area contributed by atoms with Crippen molar-refractivity contribution in [2.24, 2.45) is 5.73 Å². The van der Waals surface area contributed by atoms with Gasteiger partial charge in [-0.2, -0.15) is 0 Å². The summed E-state index contributed by atoms with van der Waals surface area (Å²) in [5.74, 6) is -0.939. The molecular formula is C19H22N6O3. The SMILES string of the molecule is CC(C)(N)Cc1cn(-c2cccc3c2CN(C2CCC(=O)NC2=O)C3=O)nn1. The number of nitrogens with one attached hydrogen (secondary N) is 1. The Morgan fingerprint density at radius 2 is 2.07 bits per heavy atom. The van der Waals surface area contributed by atoms with Crippen LogP contribution in [0.1, 0.15) is 48.3 Å². The van der Waals surface area contributed by atoms with Gasteiger partial charge in [0.2, 0.25) is 11.8 Å². The van der Waals surface area contributed by atoms with Crippen LogP contribution in [0.15, 0.2) is 24.4 Å². The van der Waals surface area contributed by atoms with Crippen molar-refractivity contribution < 1.29 is 14.4 Å². The Morgan fingerprint density at radius 1 is 1.29 bits per heavy atom. The van der Waals surface area contributed by atoms with Crippen molar-refractivity contribution in [3.05, 3.63) is 41.2 Å². The van der Waals surface area contributed by atoms with E-state index in [1.165, 1.54) is 4.90 Å². The van der Waals surface area contributed by atoms with Gasteiger partial charge in [0.05, 0.1) is 17.6 Å². The first kappa shape index (κ1) is 18.3. The van der Waals surface area contributed by atoms with Gasteiger partial charge in [0.25, 0.3) is 5.91 Å². The van der Waals surface area contributed by atoms with Crippen molar-refractivity contribution in [1.29, 1.82) is 0 Å². The van der Waals surface area contributed by atoms with E-state index in [1.807, 2.05) is 26.1 Å². The number of imide groups is 1.